The van der Waals surface area contributed by atoms with E-state index in [0.717, 1.165) is 31.8 Å². The van der Waals surface area contributed by atoms with Crippen molar-refractivity contribution in [3.63, 3.8) is 0 Å². The van der Waals surface area contributed by atoms with Crippen LogP contribution in [0.2, 0.25) is 0 Å². The van der Waals surface area contributed by atoms with Crippen LogP contribution in [-0.4, -0.2) is 86.2 Å². The Labute approximate surface area is 187 Å². The molecule has 5 unspecified atom stereocenters. The van der Waals surface area contributed by atoms with Crippen molar-refractivity contribution in [2.45, 2.75) is 65.0 Å². The Balaban J connectivity index is 1.46. The summed E-state index contributed by atoms with van der Waals surface area (Å²) in [5.74, 6) is 1.62. The molecule has 0 radical (unpaired) electrons. The van der Waals surface area contributed by atoms with Gasteiger partial charge in [0.15, 0.2) is 0 Å². The lowest BCUT2D eigenvalue weighted by atomic mass is 9.92. The van der Waals surface area contributed by atoms with E-state index in [2.05, 4.69) is 43.7 Å². The van der Waals surface area contributed by atoms with Crippen LogP contribution in [0.25, 0.3) is 0 Å². The van der Waals surface area contributed by atoms with Crippen molar-refractivity contribution >= 4 is 12.1 Å². The first-order valence-corrected chi connectivity index (χ1v) is 11.7. The summed E-state index contributed by atoms with van der Waals surface area (Å²) in [5, 5.41) is 0. The number of epoxide rings is 1. The minimum Gasteiger partial charge on any atom is -0.381 e. The SMILES string of the molecule is CCC(OC)C(C)C1OC1C(OCC(=O)N1CCN(C2=CC=CCC=N2)CC1)C(C)C. The van der Waals surface area contributed by atoms with Crippen molar-refractivity contribution in [3.8, 4) is 0 Å². The molecule has 3 aliphatic heterocycles. The van der Waals surface area contributed by atoms with Crippen LogP contribution in [0.3, 0.4) is 0 Å². The summed E-state index contributed by atoms with van der Waals surface area (Å²) in [4.78, 5) is 21.4. The lowest BCUT2D eigenvalue weighted by Crippen LogP contribution is -2.49. The van der Waals surface area contributed by atoms with E-state index in [0.29, 0.717) is 19.0 Å². The summed E-state index contributed by atoms with van der Waals surface area (Å²) in [5.41, 5.74) is 0. The van der Waals surface area contributed by atoms with Gasteiger partial charge in [0.25, 0.3) is 0 Å². The number of amides is 1. The number of piperazine rings is 1. The highest BCUT2D eigenvalue weighted by Gasteiger charge is 2.51. The number of carbonyl (C=O) groups is 1. The van der Waals surface area contributed by atoms with Gasteiger partial charge in [-0.15, -0.1) is 0 Å². The van der Waals surface area contributed by atoms with Gasteiger partial charge in [0.1, 0.15) is 18.5 Å². The Morgan fingerprint density at radius 2 is 1.97 bits per heavy atom. The highest BCUT2D eigenvalue weighted by Crippen LogP contribution is 2.38. The van der Waals surface area contributed by atoms with Gasteiger partial charge in [0.05, 0.1) is 18.3 Å². The lowest BCUT2D eigenvalue weighted by molar-refractivity contribution is -0.141. The first kappa shape index (κ1) is 24.0. The zero-order chi connectivity index (χ0) is 22.4. The van der Waals surface area contributed by atoms with Crippen molar-refractivity contribution in [2.24, 2.45) is 16.8 Å². The Kier molecular flexibility index (Phi) is 8.69. The van der Waals surface area contributed by atoms with Gasteiger partial charge in [-0.05, 0) is 18.4 Å². The maximum atomic E-state index is 12.8. The molecule has 7 heteroatoms. The van der Waals surface area contributed by atoms with E-state index >= 15 is 0 Å². The number of hydrogen-bond acceptors (Lipinski definition) is 6. The van der Waals surface area contributed by atoms with Crippen molar-refractivity contribution < 1.29 is 19.0 Å². The maximum Gasteiger partial charge on any atom is 0.248 e. The zero-order valence-electron chi connectivity index (χ0n) is 19.7. The molecule has 2 saturated heterocycles. The second kappa shape index (κ2) is 11.2. The van der Waals surface area contributed by atoms with Gasteiger partial charge >= 0.3 is 0 Å². The van der Waals surface area contributed by atoms with E-state index in [9.17, 15) is 4.79 Å². The first-order chi connectivity index (χ1) is 15.0. The van der Waals surface area contributed by atoms with Crippen molar-refractivity contribution in [2.75, 3.05) is 39.9 Å². The number of carbonyl (C=O) groups excluding carboxylic acids is 1. The standard InChI is InChI=1S/C24H39N3O4/c1-6-19(29-5)18(4)23-24(31-23)22(17(2)3)30-16-21(28)27-14-12-26(13-15-27)20-10-8-7-9-11-25-20/h7-8,10-11,17-19,22-24H,6,9,12-16H2,1-5H3. The molecule has 0 bridgehead atoms. The minimum absolute atomic E-state index is 0.0388. The van der Waals surface area contributed by atoms with Crippen LogP contribution in [0.4, 0.5) is 0 Å². The highest BCUT2D eigenvalue weighted by atomic mass is 16.6. The number of methoxy groups -OCH3 is 1. The molecule has 0 saturated carbocycles. The zero-order valence-corrected chi connectivity index (χ0v) is 19.7. The fourth-order valence-electron chi connectivity index (χ4n) is 4.57. The van der Waals surface area contributed by atoms with Crippen LogP contribution < -0.4 is 0 Å². The molecule has 2 fully saturated rings. The number of hydrogen-bond donors (Lipinski definition) is 0. The molecule has 3 heterocycles. The molecule has 5 atom stereocenters. The molecule has 31 heavy (non-hydrogen) atoms. The molecule has 3 aliphatic rings. The fourth-order valence-corrected chi connectivity index (χ4v) is 4.57. The Hall–Kier alpha value is -1.70. The normalized spacial score (nSPS) is 26.5. The summed E-state index contributed by atoms with van der Waals surface area (Å²) in [7, 11) is 1.76. The summed E-state index contributed by atoms with van der Waals surface area (Å²) < 4.78 is 17.7. The molecular formula is C24H39N3O4. The molecule has 7 nitrogen and oxygen atoms in total. The summed E-state index contributed by atoms with van der Waals surface area (Å²) in [6, 6.07) is 0. The first-order valence-electron chi connectivity index (χ1n) is 11.7. The largest absolute Gasteiger partial charge is 0.381 e. The van der Waals surface area contributed by atoms with Crippen LogP contribution in [0.15, 0.2) is 29.0 Å². The average Bonchev–Trinajstić information content (AvgIpc) is 3.58. The molecule has 0 aliphatic carbocycles. The van der Waals surface area contributed by atoms with Gasteiger partial charge in [-0.1, -0.05) is 39.8 Å². The van der Waals surface area contributed by atoms with Gasteiger partial charge < -0.3 is 24.0 Å². The summed E-state index contributed by atoms with van der Waals surface area (Å²) >= 11 is 0. The second-order valence-electron chi connectivity index (χ2n) is 8.99. The van der Waals surface area contributed by atoms with Crippen LogP contribution in [0, 0.1) is 11.8 Å². The fraction of sp³-hybridized carbons (Fsp3) is 0.750. The van der Waals surface area contributed by atoms with E-state index in [-0.39, 0.29) is 42.8 Å². The minimum atomic E-state index is -0.0793. The van der Waals surface area contributed by atoms with Crippen molar-refractivity contribution in [3.05, 3.63) is 24.0 Å². The Morgan fingerprint density at radius 3 is 2.61 bits per heavy atom. The van der Waals surface area contributed by atoms with Crippen LogP contribution in [0.5, 0.6) is 0 Å². The molecule has 1 amide bonds. The monoisotopic (exact) mass is 433 g/mol. The average molecular weight is 434 g/mol. The number of aliphatic imine (C=N–C) groups is 1. The summed E-state index contributed by atoms with van der Waals surface area (Å²) in [6.45, 7) is 11.6. The molecule has 0 aromatic heterocycles. The molecule has 174 valence electrons. The van der Waals surface area contributed by atoms with Gasteiger partial charge in [0.2, 0.25) is 5.91 Å². The Bertz CT molecular complexity index is 678. The van der Waals surface area contributed by atoms with Gasteiger partial charge in [-0.2, -0.15) is 0 Å². The molecule has 0 aromatic carbocycles. The van der Waals surface area contributed by atoms with E-state index in [1.807, 2.05) is 23.3 Å². The number of rotatable bonds is 10. The summed E-state index contributed by atoms with van der Waals surface area (Å²) in [6.07, 6.45) is 10.2. The number of ether oxygens (including phenoxy) is 3. The predicted molar refractivity (Wildman–Crippen MR) is 122 cm³/mol. The quantitative estimate of drug-likeness (QED) is 0.496. The van der Waals surface area contributed by atoms with E-state index in [1.165, 1.54) is 0 Å². The third kappa shape index (κ3) is 6.18. The van der Waals surface area contributed by atoms with Crippen LogP contribution in [0.1, 0.15) is 40.5 Å². The van der Waals surface area contributed by atoms with Crippen molar-refractivity contribution in [1.82, 2.24) is 9.80 Å². The predicted octanol–water partition coefficient (Wildman–Crippen LogP) is 2.87. The van der Waals surface area contributed by atoms with E-state index in [1.54, 1.807) is 7.11 Å². The second-order valence-corrected chi connectivity index (χ2v) is 8.99. The molecule has 0 N–H and O–H groups in total. The topological polar surface area (TPSA) is 66.9 Å². The molecule has 3 rings (SSSR count). The van der Waals surface area contributed by atoms with Gasteiger partial charge in [-0.3, -0.25) is 4.79 Å². The highest BCUT2D eigenvalue weighted by molar-refractivity contribution is 5.77. The smallest absolute Gasteiger partial charge is 0.248 e. The maximum absolute atomic E-state index is 12.8. The molecule has 0 aromatic rings. The van der Waals surface area contributed by atoms with Crippen molar-refractivity contribution in [1.29, 1.82) is 0 Å². The van der Waals surface area contributed by atoms with Crippen LogP contribution >= 0.6 is 0 Å². The third-order valence-corrected chi connectivity index (χ3v) is 6.55. The molecular weight excluding hydrogens is 394 g/mol. The van der Waals surface area contributed by atoms with E-state index in [4.69, 9.17) is 14.2 Å². The number of allylic oxidation sites excluding steroid dienone is 3. The Morgan fingerprint density at radius 1 is 1.23 bits per heavy atom. The third-order valence-electron chi connectivity index (χ3n) is 6.55. The van der Waals surface area contributed by atoms with Crippen LogP contribution in [-0.2, 0) is 19.0 Å². The molecule has 0 spiro atoms. The number of nitrogens with zero attached hydrogens (tertiary/aromatic N) is 3. The van der Waals surface area contributed by atoms with E-state index < -0.39 is 0 Å². The lowest BCUT2D eigenvalue weighted by Gasteiger charge is -2.36. The van der Waals surface area contributed by atoms with Gasteiger partial charge in [0, 0.05) is 51.8 Å². The van der Waals surface area contributed by atoms with Gasteiger partial charge in [-0.25, -0.2) is 4.99 Å².